The summed E-state index contributed by atoms with van der Waals surface area (Å²) in [6.07, 6.45) is 2.12. The molecular weight excluding hydrogens is 468 g/mol. The van der Waals surface area contributed by atoms with Gasteiger partial charge in [-0.3, -0.25) is 5.10 Å². The Bertz CT molecular complexity index is 1320. The number of hydrogen-bond acceptors (Lipinski definition) is 7. The van der Waals surface area contributed by atoms with Crippen molar-refractivity contribution >= 4 is 34.7 Å². The van der Waals surface area contributed by atoms with E-state index in [1.54, 1.807) is 6.20 Å². The maximum Gasteiger partial charge on any atom is 0.407 e. The second-order valence-electron chi connectivity index (χ2n) is 8.63. The molecule has 9 nitrogen and oxygen atoms in total. The fourth-order valence-electron chi connectivity index (χ4n) is 4.12. The molecule has 2 aromatic heterocycles. The molecule has 0 saturated carbocycles. The summed E-state index contributed by atoms with van der Waals surface area (Å²) in [4.78, 5) is 23.4. The number of nitrogens with one attached hydrogen (secondary N) is 2. The summed E-state index contributed by atoms with van der Waals surface area (Å²) >= 11 is 6.11. The number of aliphatic hydroxyl groups is 1. The van der Waals surface area contributed by atoms with E-state index in [0.717, 1.165) is 11.1 Å². The molecule has 10 heteroatoms. The second-order valence-corrected chi connectivity index (χ2v) is 9.07. The molecule has 1 aliphatic rings. The molecule has 3 heterocycles. The zero-order valence-corrected chi connectivity index (χ0v) is 19.7. The molecule has 35 heavy (non-hydrogen) atoms. The zero-order chi connectivity index (χ0) is 24.3. The highest BCUT2D eigenvalue weighted by Gasteiger charge is 2.33. The van der Waals surface area contributed by atoms with Crippen molar-refractivity contribution in [2.75, 3.05) is 24.5 Å². The normalized spacial score (nSPS) is 15.2. The monoisotopic (exact) mass is 492 g/mol. The minimum absolute atomic E-state index is 0.128. The van der Waals surface area contributed by atoms with Crippen molar-refractivity contribution in [3.63, 3.8) is 0 Å². The van der Waals surface area contributed by atoms with Crippen LogP contribution in [0.2, 0.25) is 5.02 Å². The fourth-order valence-corrected chi connectivity index (χ4v) is 4.31. The summed E-state index contributed by atoms with van der Waals surface area (Å²) in [5, 5.41) is 21.6. The number of carbonyl (C=O) groups is 1. The van der Waals surface area contributed by atoms with Crippen molar-refractivity contribution in [2.45, 2.75) is 25.0 Å². The maximum absolute atomic E-state index is 12.0. The van der Waals surface area contributed by atoms with Gasteiger partial charge in [-0.1, -0.05) is 54.1 Å². The van der Waals surface area contributed by atoms with Gasteiger partial charge in [0.05, 0.1) is 11.8 Å². The van der Waals surface area contributed by atoms with Crippen LogP contribution in [0.25, 0.3) is 22.4 Å². The summed E-state index contributed by atoms with van der Waals surface area (Å²) in [6, 6.07) is 16.9. The number of hydrogen-bond donors (Lipinski definition) is 3. The van der Waals surface area contributed by atoms with Crippen LogP contribution in [0.1, 0.15) is 18.4 Å². The van der Waals surface area contributed by atoms with Gasteiger partial charge in [0.2, 0.25) is 0 Å². The van der Waals surface area contributed by atoms with Crippen molar-refractivity contribution in [3.05, 3.63) is 71.4 Å². The molecule has 0 unspecified atom stereocenters. The summed E-state index contributed by atoms with van der Waals surface area (Å²) in [5.41, 5.74) is 2.71. The van der Waals surface area contributed by atoms with Gasteiger partial charge in [-0.15, -0.1) is 0 Å². The number of amides is 1. The van der Waals surface area contributed by atoms with Crippen LogP contribution < -0.4 is 10.2 Å². The minimum Gasteiger partial charge on any atom is -0.445 e. The van der Waals surface area contributed by atoms with Crippen LogP contribution >= 0.6 is 11.6 Å². The molecule has 0 spiro atoms. The van der Waals surface area contributed by atoms with E-state index < -0.39 is 11.7 Å². The van der Waals surface area contributed by atoms with E-state index in [9.17, 15) is 9.90 Å². The predicted molar refractivity (Wildman–Crippen MR) is 133 cm³/mol. The van der Waals surface area contributed by atoms with E-state index in [4.69, 9.17) is 16.3 Å². The van der Waals surface area contributed by atoms with Crippen LogP contribution in [0.3, 0.4) is 0 Å². The van der Waals surface area contributed by atoms with Crippen molar-refractivity contribution in [1.29, 1.82) is 0 Å². The number of benzene rings is 2. The molecule has 2 aromatic carbocycles. The van der Waals surface area contributed by atoms with Gasteiger partial charge in [0, 0.05) is 30.2 Å². The number of alkyl carbamates (subject to hydrolysis) is 1. The lowest BCUT2D eigenvalue weighted by molar-refractivity contribution is 0.0154. The number of piperidine rings is 1. The number of carbonyl (C=O) groups excluding carboxylic acids is 1. The Hall–Kier alpha value is -3.69. The lowest BCUT2D eigenvalue weighted by Gasteiger charge is -2.38. The van der Waals surface area contributed by atoms with E-state index in [2.05, 4.69) is 30.4 Å². The van der Waals surface area contributed by atoms with Gasteiger partial charge in [0.25, 0.3) is 0 Å². The molecule has 0 radical (unpaired) electrons. The third-order valence-corrected chi connectivity index (χ3v) is 6.38. The summed E-state index contributed by atoms with van der Waals surface area (Å²) in [5.74, 6) is 0.705. The Morgan fingerprint density at radius 2 is 1.97 bits per heavy atom. The van der Waals surface area contributed by atoms with Crippen LogP contribution in [0.15, 0.2) is 60.8 Å². The number of ether oxygens (including phenoxy) is 1. The third-order valence-electron chi connectivity index (χ3n) is 6.15. The maximum atomic E-state index is 12.0. The Labute approximate surface area is 207 Å². The van der Waals surface area contributed by atoms with E-state index in [1.807, 2.05) is 54.6 Å². The SMILES string of the molecule is O=C(NCC1(O)CCN(c2cnc3c(-c4cccc(Cl)c4)n[nH]c3n2)CC1)OCc1ccccc1. The Kier molecular flexibility index (Phi) is 6.52. The number of rotatable bonds is 6. The molecule has 1 saturated heterocycles. The first-order valence-corrected chi connectivity index (χ1v) is 11.8. The number of anilines is 1. The Morgan fingerprint density at radius 1 is 1.17 bits per heavy atom. The van der Waals surface area contributed by atoms with Crippen molar-refractivity contribution in [2.24, 2.45) is 0 Å². The van der Waals surface area contributed by atoms with E-state index >= 15 is 0 Å². The van der Waals surface area contributed by atoms with Crippen LogP contribution in [0.4, 0.5) is 10.6 Å². The molecule has 1 aliphatic heterocycles. The van der Waals surface area contributed by atoms with Crippen LogP contribution in [0.5, 0.6) is 0 Å². The van der Waals surface area contributed by atoms with Gasteiger partial charge in [-0.05, 0) is 30.5 Å². The molecule has 5 rings (SSSR count). The Balaban J connectivity index is 1.16. The number of aromatic amines is 1. The molecular formula is C25H25ClN6O3. The van der Waals surface area contributed by atoms with Gasteiger partial charge in [-0.25, -0.2) is 14.8 Å². The van der Waals surface area contributed by atoms with Crippen LogP contribution in [-0.4, -0.2) is 56.6 Å². The van der Waals surface area contributed by atoms with Gasteiger partial charge in [0.15, 0.2) is 5.65 Å². The van der Waals surface area contributed by atoms with Gasteiger partial charge in [-0.2, -0.15) is 5.10 Å². The van der Waals surface area contributed by atoms with Crippen molar-refractivity contribution < 1.29 is 14.6 Å². The number of nitrogens with zero attached hydrogens (tertiary/aromatic N) is 4. The number of H-pyrrole nitrogens is 1. The molecule has 3 N–H and O–H groups in total. The zero-order valence-electron chi connectivity index (χ0n) is 18.9. The fraction of sp³-hybridized carbons (Fsp3) is 0.280. The summed E-state index contributed by atoms with van der Waals surface area (Å²) in [7, 11) is 0. The third kappa shape index (κ3) is 5.36. The lowest BCUT2D eigenvalue weighted by atomic mass is 9.91. The quantitative estimate of drug-likeness (QED) is 0.373. The Morgan fingerprint density at radius 3 is 2.74 bits per heavy atom. The summed E-state index contributed by atoms with van der Waals surface area (Å²) < 4.78 is 5.23. The molecule has 1 amide bonds. The van der Waals surface area contributed by atoms with E-state index in [1.165, 1.54) is 0 Å². The highest BCUT2D eigenvalue weighted by molar-refractivity contribution is 6.30. The number of fused-ring (bicyclic) bond motifs is 1. The summed E-state index contributed by atoms with van der Waals surface area (Å²) in [6.45, 7) is 1.47. The number of aromatic nitrogens is 4. The molecule has 0 aliphatic carbocycles. The topological polar surface area (TPSA) is 116 Å². The van der Waals surface area contributed by atoms with Crippen LogP contribution in [-0.2, 0) is 11.3 Å². The highest BCUT2D eigenvalue weighted by Crippen LogP contribution is 2.29. The smallest absolute Gasteiger partial charge is 0.407 e. The van der Waals surface area contributed by atoms with Crippen molar-refractivity contribution in [1.82, 2.24) is 25.5 Å². The molecule has 180 valence electrons. The highest BCUT2D eigenvalue weighted by atomic mass is 35.5. The van der Waals surface area contributed by atoms with Gasteiger partial charge in [0.1, 0.15) is 23.6 Å². The first kappa shape index (κ1) is 23.1. The average molecular weight is 493 g/mol. The standard InChI is InChI=1S/C25H25ClN6O3/c26-19-8-4-7-18(13-19)21-22-23(31-30-21)29-20(14-27-22)32-11-9-25(34,10-12-32)16-28-24(33)35-15-17-5-2-1-3-6-17/h1-8,13-14,34H,9-12,15-16H2,(H,28,33)(H,29,30,31). The van der Waals surface area contributed by atoms with E-state index in [0.29, 0.717) is 53.6 Å². The minimum atomic E-state index is -1.01. The average Bonchev–Trinajstić information content (AvgIpc) is 3.31. The molecule has 1 fully saturated rings. The first-order valence-electron chi connectivity index (χ1n) is 11.4. The predicted octanol–water partition coefficient (Wildman–Crippen LogP) is 3.93. The molecule has 0 atom stereocenters. The lowest BCUT2D eigenvalue weighted by Crippen LogP contribution is -2.51. The second kappa shape index (κ2) is 9.89. The van der Waals surface area contributed by atoms with Crippen molar-refractivity contribution in [3.8, 4) is 11.3 Å². The largest absolute Gasteiger partial charge is 0.445 e. The van der Waals surface area contributed by atoms with Gasteiger partial charge >= 0.3 is 6.09 Å². The first-order chi connectivity index (χ1) is 17.0. The van der Waals surface area contributed by atoms with Crippen LogP contribution in [0, 0.1) is 0 Å². The van der Waals surface area contributed by atoms with Gasteiger partial charge < -0.3 is 20.1 Å². The van der Waals surface area contributed by atoms with E-state index in [-0.39, 0.29) is 13.2 Å². The molecule has 0 bridgehead atoms. The number of halogens is 1. The molecule has 4 aromatic rings.